The average molecular weight is 201 g/mol. The highest BCUT2D eigenvalue weighted by atomic mass is 16.6. The van der Waals surface area contributed by atoms with Crippen molar-refractivity contribution in [2.45, 2.75) is 26.4 Å². The molecule has 1 N–H and O–H groups in total. The number of carbonyl (C=O) groups is 2. The topological polar surface area (TPSA) is 64.6 Å². The Balaban J connectivity index is 3.74. The maximum Gasteiger partial charge on any atom is 0.416 e. The number of rotatable bonds is 4. The SMILES string of the molecule is C=CCC(C)OC(=O)NC(=O)OCC. The molecular weight excluding hydrogens is 186 g/mol. The Hall–Kier alpha value is -1.52. The Labute approximate surface area is 83.1 Å². The van der Waals surface area contributed by atoms with Gasteiger partial charge < -0.3 is 9.47 Å². The molecule has 0 aromatic carbocycles. The molecule has 5 heteroatoms. The molecule has 0 aromatic heterocycles. The van der Waals surface area contributed by atoms with Gasteiger partial charge in [-0.25, -0.2) is 14.9 Å². The predicted molar refractivity (Wildman–Crippen MR) is 50.9 cm³/mol. The van der Waals surface area contributed by atoms with Crippen molar-refractivity contribution < 1.29 is 19.1 Å². The van der Waals surface area contributed by atoms with E-state index in [0.717, 1.165) is 0 Å². The summed E-state index contributed by atoms with van der Waals surface area (Å²) >= 11 is 0. The molecule has 1 atom stereocenters. The summed E-state index contributed by atoms with van der Waals surface area (Å²) in [7, 11) is 0. The van der Waals surface area contributed by atoms with E-state index < -0.39 is 12.2 Å². The zero-order valence-corrected chi connectivity index (χ0v) is 8.41. The minimum Gasteiger partial charge on any atom is -0.449 e. The second kappa shape index (κ2) is 6.94. The molecule has 0 saturated carbocycles. The van der Waals surface area contributed by atoms with Crippen LogP contribution in [0.5, 0.6) is 0 Å². The molecule has 0 bridgehead atoms. The van der Waals surface area contributed by atoms with Crippen molar-refractivity contribution in [1.29, 1.82) is 0 Å². The molecular formula is C9H15NO4. The summed E-state index contributed by atoms with van der Waals surface area (Å²) in [4.78, 5) is 21.7. The van der Waals surface area contributed by atoms with Crippen LogP contribution in [0, 0.1) is 0 Å². The molecule has 0 radical (unpaired) electrons. The fraction of sp³-hybridized carbons (Fsp3) is 0.556. The fourth-order valence-corrected chi connectivity index (χ4v) is 0.746. The molecule has 0 spiro atoms. The minimum atomic E-state index is -0.808. The van der Waals surface area contributed by atoms with Crippen LogP contribution in [0.1, 0.15) is 20.3 Å². The standard InChI is InChI=1S/C9H15NO4/c1-4-6-7(3)14-9(12)10-8(11)13-5-2/h4,7H,1,5-6H2,2-3H3,(H,10,11,12). The molecule has 0 aromatic rings. The molecule has 0 aliphatic rings. The first-order valence-electron chi connectivity index (χ1n) is 4.35. The third kappa shape index (κ3) is 6.05. The van der Waals surface area contributed by atoms with Gasteiger partial charge in [-0.05, 0) is 13.8 Å². The van der Waals surface area contributed by atoms with E-state index in [0.29, 0.717) is 6.42 Å². The van der Waals surface area contributed by atoms with Crippen molar-refractivity contribution in [2.24, 2.45) is 0 Å². The van der Waals surface area contributed by atoms with Crippen LogP contribution in [-0.2, 0) is 9.47 Å². The van der Waals surface area contributed by atoms with Gasteiger partial charge in [-0.15, -0.1) is 6.58 Å². The quantitative estimate of drug-likeness (QED) is 0.705. The Morgan fingerprint density at radius 1 is 1.50 bits per heavy atom. The van der Waals surface area contributed by atoms with Crippen LogP contribution in [0.15, 0.2) is 12.7 Å². The minimum absolute atomic E-state index is 0.210. The molecule has 0 rings (SSSR count). The maximum absolute atomic E-state index is 10.9. The van der Waals surface area contributed by atoms with Crippen LogP contribution >= 0.6 is 0 Å². The van der Waals surface area contributed by atoms with Crippen molar-refractivity contribution >= 4 is 12.2 Å². The van der Waals surface area contributed by atoms with Gasteiger partial charge in [-0.1, -0.05) is 6.08 Å². The largest absolute Gasteiger partial charge is 0.449 e. The third-order valence-corrected chi connectivity index (χ3v) is 1.29. The summed E-state index contributed by atoms with van der Waals surface area (Å²) in [6, 6.07) is 0. The van der Waals surface area contributed by atoms with Gasteiger partial charge in [0.25, 0.3) is 0 Å². The van der Waals surface area contributed by atoms with E-state index in [9.17, 15) is 9.59 Å². The highest BCUT2D eigenvalue weighted by molar-refractivity contribution is 5.87. The number of alkyl carbamates (subject to hydrolysis) is 2. The molecule has 0 heterocycles. The van der Waals surface area contributed by atoms with Crippen molar-refractivity contribution in [2.75, 3.05) is 6.61 Å². The number of hydrogen-bond donors (Lipinski definition) is 1. The van der Waals surface area contributed by atoms with Crippen LogP contribution < -0.4 is 5.32 Å². The Morgan fingerprint density at radius 3 is 2.64 bits per heavy atom. The highest BCUT2D eigenvalue weighted by Gasteiger charge is 2.11. The van der Waals surface area contributed by atoms with Crippen molar-refractivity contribution in [3.05, 3.63) is 12.7 Å². The summed E-state index contributed by atoms with van der Waals surface area (Å²) < 4.78 is 9.27. The van der Waals surface area contributed by atoms with E-state index in [-0.39, 0.29) is 12.7 Å². The zero-order chi connectivity index (χ0) is 11.0. The smallest absolute Gasteiger partial charge is 0.416 e. The van der Waals surface area contributed by atoms with Crippen molar-refractivity contribution in [1.82, 2.24) is 5.32 Å². The first kappa shape index (κ1) is 12.5. The third-order valence-electron chi connectivity index (χ3n) is 1.29. The van der Waals surface area contributed by atoms with Crippen LogP contribution in [0.4, 0.5) is 9.59 Å². The number of amides is 2. The Bertz CT molecular complexity index is 215. The number of nitrogens with one attached hydrogen (secondary N) is 1. The maximum atomic E-state index is 10.9. The van der Waals surface area contributed by atoms with Gasteiger partial charge in [0, 0.05) is 6.42 Å². The summed E-state index contributed by atoms with van der Waals surface area (Å²) in [5.74, 6) is 0. The molecule has 2 amide bonds. The molecule has 5 nitrogen and oxygen atoms in total. The fourth-order valence-electron chi connectivity index (χ4n) is 0.746. The molecule has 0 saturated heterocycles. The summed E-state index contributed by atoms with van der Waals surface area (Å²) in [5, 5.41) is 1.91. The molecule has 0 fully saturated rings. The normalized spacial score (nSPS) is 11.3. The van der Waals surface area contributed by atoms with Gasteiger partial charge in [0.05, 0.1) is 6.61 Å². The van der Waals surface area contributed by atoms with Crippen LogP contribution in [0.2, 0.25) is 0 Å². The van der Waals surface area contributed by atoms with Gasteiger partial charge >= 0.3 is 12.2 Å². The van der Waals surface area contributed by atoms with Crippen LogP contribution in [0.3, 0.4) is 0 Å². The van der Waals surface area contributed by atoms with Gasteiger partial charge in [0.15, 0.2) is 0 Å². The first-order chi connectivity index (χ1) is 6.60. The van der Waals surface area contributed by atoms with E-state index >= 15 is 0 Å². The lowest BCUT2D eigenvalue weighted by Gasteiger charge is -2.10. The molecule has 1 unspecified atom stereocenters. The second-order valence-corrected chi connectivity index (χ2v) is 2.59. The van der Waals surface area contributed by atoms with Gasteiger partial charge in [-0.2, -0.15) is 0 Å². The monoisotopic (exact) mass is 201 g/mol. The van der Waals surface area contributed by atoms with Gasteiger partial charge in [0.1, 0.15) is 6.10 Å². The lowest BCUT2D eigenvalue weighted by Crippen LogP contribution is -2.33. The Kier molecular flexibility index (Phi) is 6.19. The van der Waals surface area contributed by atoms with Crippen molar-refractivity contribution in [3.63, 3.8) is 0 Å². The van der Waals surface area contributed by atoms with E-state index in [1.54, 1.807) is 19.9 Å². The lowest BCUT2D eigenvalue weighted by molar-refractivity contribution is 0.101. The number of ether oxygens (including phenoxy) is 2. The molecule has 14 heavy (non-hydrogen) atoms. The van der Waals surface area contributed by atoms with E-state index in [2.05, 4.69) is 11.3 Å². The van der Waals surface area contributed by atoms with E-state index in [1.165, 1.54) is 0 Å². The highest BCUT2D eigenvalue weighted by Crippen LogP contribution is 1.97. The van der Waals surface area contributed by atoms with Gasteiger partial charge in [-0.3, -0.25) is 0 Å². The number of imide groups is 1. The summed E-state index contributed by atoms with van der Waals surface area (Å²) in [6.45, 7) is 7.05. The summed E-state index contributed by atoms with van der Waals surface area (Å²) in [5.41, 5.74) is 0. The van der Waals surface area contributed by atoms with E-state index in [1.807, 2.05) is 5.32 Å². The second-order valence-electron chi connectivity index (χ2n) is 2.59. The van der Waals surface area contributed by atoms with E-state index in [4.69, 9.17) is 4.74 Å². The summed E-state index contributed by atoms with van der Waals surface area (Å²) in [6.07, 6.45) is 0.251. The molecule has 0 aliphatic carbocycles. The van der Waals surface area contributed by atoms with Crippen LogP contribution in [-0.4, -0.2) is 24.9 Å². The zero-order valence-electron chi connectivity index (χ0n) is 8.41. The predicted octanol–water partition coefficient (Wildman–Crippen LogP) is 1.83. The Morgan fingerprint density at radius 2 is 2.14 bits per heavy atom. The van der Waals surface area contributed by atoms with Crippen molar-refractivity contribution in [3.8, 4) is 0 Å². The number of carbonyl (C=O) groups excluding carboxylic acids is 2. The van der Waals surface area contributed by atoms with Crippen LogP contribution in [0.25, 0.3) is 0 Å². The lowest BCUT2D eigenvalue weighted by atomic mass is 10.3. The first-order valence-corrected chi connectivity index (χ1v) is 4.35. The molecule has 80 valence electrons. The van der Waals surface area contributed by atoms with Gasteiger partial charge in [0.2, 0.25) is 0 Å². The average Bonchev–Trinajstić information content (AvgIpc) is 2.03. The number of hydrogen-bond acceptors (Lipinski definition) is 4. The molecule has 0 aliphatic heterocycles.